The van der Waals surface area contributed by atoms with Gasteiger partial charge >= 0.3 is 5.97 Å². The second-order valence-electron chi connectivity index (χ2n) is 5.84. The van der Waals surface area contributed by atoms with Gasteiger partial charge < -0.3 is 18.9 Å². The van der Waals surface area contributed by atoms with Gasteiger partial charge in [-0.05, 0) is 43.9 Å². The molecule has 1 saturated carbocycles. The highest BCUT2D eigenvalue weighted by atomic mass is 16.7. The standard InChI is InChI=1S/C18H26O5/c1-13(19)23-18-7-5-4-6-17(18)15-8-10-16(11-9-15)22-12-21-14(2)20-3/h8-11,14,17-18H,4-7,12H2,1-3H3. The highest BCUT2D eigenvalue weighted by Crippen LogP contribution is 2.35. The van der Waals surface area contributed by atoms with Gasteiger partial charge in [0.25, 0.3) is 0 Å². The molecular formula is C18H26O5. The normalized spacial score (nSPS) is 22.4. The average Bonchev–Trinajstić information content (AvgIpc) is 2.55. The minimum absolute atomic E-state index is 0.0149. The minimum Gasteiger partial charge on any atom is -0.467 e. The SMILES string of the molecule is COC(C)OCOc1ccc(C2CCCCC2OC(C)=O)cc1. The smallest absolute Gasteiger partial charge is 0.302 e. The molecule has 0 N–H and O–H groups in total. The van der Waals surface area contributed by atoms with E-state index in [9.17, 15) is 4.79 Å². The van der Waals surface area contributed by atoms with E-state index in [1.54, 1.807) is 7.11 Å². The van der Waals surface area contributed by atoms with Crippen molar-refractivity contribution in [1.82, 2.24) is 0 Å². The number of rotatable bonds is 7. The van der Waals surface area contributed by atoms with E-state index >= 15 is 0 Å². The second kappa shape index (κ2) is 8.89. The third kappa shape index (κ3) is 5.52. The first-order chi connectivity index (χ1) is 11.1. The van der Waals surface area contributed by atoms with Gasteiger partial charge in [0.1, 0.15) is 11.9 Å². The lowest BCUT2D eigenvalue weighted by Gasteiger charge is -2.31. The molecule has 0 heterocycles. The van der Waals surface area contributed by atoms with Crippen LogP contribution in [0.25, 0.3) is 0 Å². The van der Waals surface area contributed by atoms with E-state index in [4.69, 9.17) is 18.9 Å². The monoisotopic (exact) mass is 322 g/mol. The van der Waals surface area contributed by atoms with Crippen LogP contribution in [-0.4, -0.2) is 32.3 Å². The molecule has 0 saturated heterocycles. The Kier molecular flexibility index (Phi) is 6.86. The van der Waals surface area contributed by atoms with Gasteiger partial charge in [-0.25, -0.2) is 0 Å². The van der Waals surface area contributed by atoms with Crippen LogP contribution in [0, 0.1) is 0 Å². The van der Waals surface area contributed by atoms with Crippen LogP contribution in [0.2, 0.25) is 0 Å². The molecule has 0 spiro atoms. The van der Waals surface area contributed by atoms with Crippen LogP contribution >= 0.6 is 0 Å². The summed E-state index contributed by atoms with van der Waals surface area (Å²) in [4.78, 5) is 11.3. The highest BCUT2D eigenvalue weighted by Gasteiger charge is 2.28. The van der Waals surface area contributed by atoms with E-state index in [1.807, 2.05) is 31.2 Å². The Bertz CT molecular complexity index is 485. The summed E-state index contributed by atoms with van der Waals surface area (Å²) in [6, 6.07) is 7.94. The number of esters is 1. The van der Waals surface area contributed by atoms with Crippen molar-refractivity contribution in [1.29, 1.82) is 0 Å². The summed E-state index contributed by atoms with van der Waals surface area (Å²) < 4.78 is 21.3. The van der Waals surface area contributed by atoms with Crippen LogP contribution in [0.1, 0.15) is 51.0 Å². The predicted molar refractivity (Wildman–Crippen MR) is 86.3 cm³/mol. The molecule has 5 nitrogen and oxygen atoms in total. The lowest BCUT2D eigenvalue weighted by atomic mass is 9.81. The molecule has 0 amide bonds. The van der Waals surface area contributed by atoms with E-state index < -0.39 is 0 Å². The fraction of sp³-hybridized carbons (Fsp3) is 0.611. The van der Waals surface area contributed by atoms with Gasteiger partial charge in [-0.1, -0.05) is 18.6 Å². The fourth-order valence-electron chi connectivity index (χ4n) is 2.91. The van der Waals surface area contributed by atoms with Gasteiger partial charge in [0.15, 0.2) is 13.1 Å². The molecule has 1 fully saturated rings. The summed E-state index contributed by atoms with van der Waals surface area (Å²) in [5.41, 5.74) is 1.19. The van der Waals surface area contributed by atoms with E-state index in [0.29, 0.717) is 0 Å². The van der Waals surface area contributed by atoms with Crippen molar-refractivity contribution in [2.24, 2.45) is 0 Å². The first kappa shape index (κ1) is 17.8. The quantitative estimate of drug-likeness (QED) is 0.567. The Morgan fingerprint density at radius 3 is 2.57 bits per heavy atom. The number of carbonyl (C=O) groups excluding carboxylic acids is 1. The third-order valence-electron chi connectivity index (χ3n) is 4.19. The number of hydrogen-bond donors (Lipinski definition) is 0. The summed E-state index contributed by atoms with van der Waals surface area (Å²) >= 11 is 0. The molecule has 2 rings (SSSR count). The van der Waals surface area contributed by atoms with E-state index in [0.717, 1.165) is 25.0 Å². The van der Waals surface area contributed by atoms with Crippen molar-refractivity contribution in [3.63, 3.8) is 0 Å². The van der Waals surface area contributed by atoms with Gasteiger partial charge in [-0.2, -0.15) is 0 Å². The van der Waals surface area contributed by atoms with Crippen LogP contribution in [0.3, 0.4) is 0 Å². The summed E-state index contributed by atoms with van der Waals surface area (Å²) in [5.74, 6) is 0.814. The van der Waals surface area contributed by atoms with Crippen molar-refractivity contribution in [2.45, 2.75) is 57.8 Å². The molecule has 0 aliphatic heterocycles. The topological polar surface area (TPSA) is 54.0 Å². The zero-order chi connectivity index (χ0) is 16.7. The van der Waals surface area contributed by atoms with Gasteiger partial charge in [0.05, 0.1) is 0 Å². The van der Waals surface area contributed by atoms with Crippen LogP contribution < -0.4 is 4.74 Å². The van der Waals surface area contributed by atoms with Crippen LogP contribution in [0.5, 0.6) is 5.75 Å². The van der Waals surface area contributed by atoms with Crippen molar-refractivity contribution < 1.29 is 23.7 Å². The number of ether oxygens (including phenoxy) is 4. The van der Waals surface area contributed by atoms with Crippen LogP contribution in [0.4, 0.5) is 0 Å². The summed E-state index contributed by atoms with van der Waals surface area (Å²) in [7, 11) is 1.59. The highest BCUT2D eigenvalue weighted by molar-refractivity contribution is 5.66. The zero-order valence-corrected chi connectivity index (χ0v) is 14.1. The maximum Gasteiger partial charge on any atom is 0.302 e. The number of hydrogen-bond acceptors (Lipinski definition) is 5. The molecule has 0 aromatic heterocycles. The van der Waals surface area contributed by atoms with Crippen molar-refractivity contribution in [3.8, 4) is 5.75 Å². The van der Waals surface area contributed by atoms with Crippen LogP contribution in [0.15, 0.2) is 24.3 Å². The number of benzene rings is 1. The molecule has 3 atom stereocenters. The van der Waals surface area contributed by atoms with E-state index in [1.165, 1.54) is 18.9 Å². The molecule has 5 heteroatoms. The molecule has 0 bridgehead atoms. The number of carbonyl (C=O) groups is 1. The summed E-state index contributed by atoms with van der Waals surface area (Å²) in [5, 5.41) is 0. The minimum atomic E-state index is -0.291. The zero-order valence-electron chi connectivity index (χ0n) is 14.1. The largest absolute Gasteiger partial charge is 0.467 e. The first-order valence-corrected chi connectivity index (χ1v) is 8.14. The molecule has 128 valence electrons. The summed E-state index contributed by atoms with van der Waals surface area (Å²) in [6.07, 6.45) is 3.96. The van der Waals surface area contributed by atoms with Crippen molar-refractivity contribution >= 4 is 5.97 Å². The lowest BCUT2D eigenvalue weighted by molar-refractivity contribution is -0.150. The third-order valence-corrected chi connectivity index (χ3v) is 4.19. The van der Waals surface area contributed by atoms with Gasteiger partial charge in [0.2, 0.25) is 0 Å². The van der Waals surface area contributed by atoms with Gasteiger partial charge in [0, 0.05) is 20.0 Å². The Morgan fingerprint density at radius 2 is 1.91 bits per heavy atom. The maximum absolute atomic E-state index is 11.3. The van der Waals surface area contributed by atoms with Crippen molar-refractivity contribution in [2.75, 3.05) is 13.9 Å². The molecule has 1 aromatic carbocycles. The molecule has 23 heavy (non-hydrogen) atoms. The number of methoxy groups -OCH3 is 1. The Hall–Kier alpha value is -1.59. The Morgan fingerprint density at radius 1 is 1.22 bits per heavy atom. The van der Waals surface area contributed by atoms with Gasteiger partial charge in [-0.15, -0.1) is 0 Å². The fourth-order valence-corrected chi connectivity index (χ4v) is 2.91. The first-order valence-electron chi connectivity index (χ1n) is 8.14. The second-order valence-corrected chi connectivity index (χ2v) is 5.84. The summed E-state index contributed by atoms with van der Waals surface area (Å²) in [6.45, 7) is 3.43. The molecule has 0 radical (unpaired) electrons. The lowest BCUT2D eigenvalue weighted by Crippen LogP contribution is -2.27. The van der Waals surface area contributed by atoms with Gasteiger partial charge in [-0.3, -0.25) is 4.79 Å². The average molecular weight is 322 g/mol. The molecular weight excluding hydrogens is 296 g/mol. The van der Waals surface area contributed by atoms with E-state index in [2.05, 4.69) is 0 Å². The maximum atomic E-state index is 11.3. The Balaban J connectivity index is 1.93. The van der Waals surface area contributed by atoms with Crippen molar-refractivity contribution in [3.05, 3.63) is 29.8 Å². The molecule has 1 aromatic rings. The van der Waals surface area contributed by atoms with E-state index in [-0.39, 0.29) is 31.1 Å². The molecule has 1 aliphatic carbocycles. The molecule has 3 unspecified atom stereocenters. The predicted octanol–water partition coefficient (Wildman–Crippen LogP) is 3.62. The Labute approximate surface area is 137 Å². The molecule has 1 aliphatic rings. The van der Waals surface area contributed by atoms with Crippen LogP contribution in [-0.2, 0) is 19.0 Å².